The summed E-state index contributed by atoms with van der Waals surface area (Å²) >= 11 is 0. The van der Waals surface area contributed by atoms with Gasteiger partial charge in [-0.25, -0.2) is 0 Å². The van der Waals surface area contributed by atoms with Crippen molar-refractivity contribution in [1.29, 1.82) is 0 Å². The van der Waals surface area contributed by atoms with Gasteiger partial charge in [0, 0.05) is 12.0 Å². The SMILES string of the molecule is CC(C)(C)C1=C2CC3(CCOC3)CC2=C(C(C)(C)C)C1. The van der Waals surface area contributed by atoms with E-state index in [-0.39, 0.29) is 0 Å². The Balaban J connectivity index is 2.05. The molecule has 1 heteroatoms. The Bertz CT molecular complexity index is 445. The van der Waals surface area contributed by atoms with Crippen LogP contribution in [0.25, 0.3) is 0 Å². The summed E-state index contributed by atoms with van der Waals surface area (Å²) in [4.78, 5) is 0. The average Bonchev–Trinajstić information content (AvgIpc) is 2.90. The molecule has 0 radical (unpaired) electrons. The second-order valence-corrected chi connectivity index (χ2v) is 9.25. The summed E-state index contributed by atoms with van der Waals surface area (Å²) in [5.74, 6) is 0. The van der Waals surface area contributed by atoms with Gasteiger partial charge in [-0.2, -0.15) is 0 Å². The van der Waals surface area contributed by atoms with Crippen molar-refractivity contribution in [1.82, 2.24) is 0 Å². The molecule has 0 atom stereocenters. The van der Waals surface area contributed by atoms with E-state index >= 15 is 0 Å². The number of allylic oxidation sites excluding steroid dienone is 4. The Kier molecular flexibility index (Phi) is 3.04. The quantitative estimate of drug-likeness (QED) is 0.584. The molecule has 0 N–H and O–H groups in total. The molecule has 112 valence electrons. The molecule has 0 aromatic carbocycles. The van der Waals surface area contributed by atoms with Crippen LogP contribution in [0.3, 0.4) is 0 Å². The van der Waals surface area contributed by atoms with Crippen molar-refractivity contribution in [3.63, 3.8) is 0 Å². The van der Waals surface area contributed by atoms with Crippen LogP contribution in [-0.2, 0) is 4.74 Å². The van der Waals surface area contributed by atoms with Gasteiger partial charge >= 0.3 is 0 Å². The largest absolute Gasteiger partial charge is 0.381 e. The number of hydrogen-bond acceptors (Lipinski definition) is 1. The maximum absolute atomic E-state index is 5.74. The molecule has 1 aliphatic heterocycles. The van der Waals surface area contributed by atoms with Crippen LogP contribution in [0.15, 0.2) is 22.3 Å². The van der Waals surface area contributed by atoms with E-state index in [1.165, 1.54) is 25.7 Å². The zero-order valence-electron chi connectivity index (χ0n) is 14.2. The Morgan fingerprint density at radius 3 is 1.70 bits per heavy atom. The fourth-order valence-corrected chi connectivity index (χ4v) is 4.36. The second-order valence-electron chi connectivity index (χ2n) is 9.25. The third-order valence-corrected chi connectivity index (χ3v) is 5.55. The Morgan fingerprint density at radius 1 is 0.850 bits per heavy atom. The lowest BCUT2D eigenvalue weighted by molar-refractivity contribution is 0.157. The lowest BCUT2D eigenvalue weighted by atomic mass is 9.76. The molecule has 0 aromatic heterocycles. The molecule has 0 unspecified atom stereocenters. The van der Waals surface area contributed by atoms with E-state index in [1.807, 2.05) is 0 Å². The van der Waals surface area contributed by atoms with E-state index in [2.05, 4.69) is 41.5 Å². The number of rotatable bonds is 0. The van der Waals surface area contributed by atoms with Crippen molar-refractivity contribution in [2.75, 3.05) is 13.2 Å². The number of fused-ring (bicyclic) bond motifs is 1. The van der Waals surface area contributed by atoms with Crippen LogP contribution in [0, 0.1) is 16.2 Å². The molecule has 20 heavy (non-hydrogen) atoms. The smallest absolute Gasteiger partial charge is 0.0529 e. The Hall–Kier alpha value is -0.560. The van der Waals surface area contributed by atoms with E-state index in [0.29, 0.717) is 16.2 Å². The van der Waals surface area contributed by atoms with Crippen LogP contribution in [0.1, 0.15) is 67.2 Å². The van der Waals surface area contributed by atoms with Crippen molar-refractivity contribution in [2.24, 2.45) is 16.2 Å². The molecule has 2 aliphatic carbocycles. The monoisotopic (exact) mass is 274 g/mol. The first-order valence-corrected chi connectivity index (χ1v) is 8.16. The second kappa shape index (κ2) is 4.22. The molecule has 0 bridgehead atoms. The van der Waals surface area contributed by atoms with Gasteiger partial charge in [-0.1, -0.05) is 52.7 Å². The van der Waals surface area contributed by atoms with Crippen molar-refractivity contribution >= 4 is 0 Å². The van der Waals surface area contributed by atoms with Crippen LogP contribution in [0.5, 0.6) is 0 Å². The van der Waals surface area contributed by atoms with Gasteiger partial charge in [-0.15, -0.1) is 0 Å². The van der Waals surface area contributed by atoms with Gasteiger partial charge in [0.1, 0.15) is 0 Å². The molecule has 1 saturated heterocycles. The summed E-state index contributed by atoms with van der Waals surface area (Å²) in [5, 5.41) is 0. The van der Waals surface area contributed by atoms with E-state index < -0.39 is 0 Å². The molecule has 3 aliphatic rings. The van der Waals surface area contributed by atoms with E-state index in [4.69, 9.17) is 4.74 Å². The minimum atomic E-state index is 0.304. The first kappa shape index (κ1) is 14.4. The summed E-state index contributed by atoms with van der Waals surface area (Å²) in [6.07, 6.45) is 5.02. The third kappa shape index (κ3) is 2.19. The molecule has 1 heterocycles. The van der Waals surface area contributed by atoms with Gasteiger partial charge in [-0.3, -0.25) is 0 Å². The van der Waals surface area contributed by atoms with Gasteiger partial charge < -0.3 is 4.74 Å². The van der Waals surface area contributed by atoms with Gasteiger partial charge in [0.2, 0.25) is 0 Å². The van der Waals surface area contributed by atoms with Crippen LogP contribution < -0.4 is 0 Å². The standard InChI is InChI=1S/C19H30O/c1-17(2,3)15-9-16(18(4,5)6)14-11-19(10-13(14)15)7-8-20-12-19/h7-12H2,1-6H3. The van der Waals surface area contributed by atoms with E-state index in [1.54, 1.807) is 22.3 Å². The maximum Gasteiger partial charge on any atom is 0.0529 e. The summed E-state index contributed by atoms with van der Waals surface area (Å²) in [6.45, 7) is 16.3. The average molecular weight is 274 g/mol. The molecular weight excluding hydrogens is 244 g/mol. The number of ether oxygens (including phenoxy) is 1. The summed E-state index contributed by atoms with van der Waals surface area (Å²) < 4.78 is 5.74. The van der Waals surface area contributed by atoms with E-state index in [0.717, 1.165) is 13.2 Å². The highest BCUT2D eigenvalue weighted by atomic mass is 16.5. The van der Waals surface area contributed by atoms with Crippen molar-refractivity contribution in [3.05, 3.63) is 22.3 Å². The Labute approximate surface area is 124 Å². The predicted molar refractivity (Wildman–Crippen MR) is 84.7 cm³/mol. The minimum Gasteiger partial charge on any atom is -0.381 e. The third-order valence-electron chi connectivity index (χ3n) is 5.55. The highest BCUT2D eigenvalue weighted by Gasteiger charge is 2.48. The Morgan fingerprint density at radius 2 is 1.35 bits per heavy atom. The van der Waals surface area contributed by atoms with Gasteiger partial charge in [0.15, 0.2) is 0 Å². The van der Waals surface area contributed by atoms with Crippen LogP contribution in [0.2, 0.25) is 0 Å². The lowest BCUT2D eigenvalue weighted by Gasteiger charge is -2.29. The maximum atomic E-state index is 5.74. The topological polar surface area (TPSA) is 9.23 Å². The molecule has 1 saturated carbocycles. The molecule has 0 aromatic rings. The first-order valence-electron chi connectivity index (χ1n) is 8.16. The number of hydrogen-bond donors (Lipinski definition) is 0. The van der Waals surface area contributed by atoms with Crippen molar-refractivity contribution in [3.8, 4) is 0 Å². The molecule has 2 fully saturated rings. The zero-order valence-corrected chi connectivity index (χ0v) is 14.2. The minimum absolute atomic E-state index is 0.304. The molecule has 0 amide bonds. The predicted octanol–water partition coefficient (Wildman–Crippen LogP) is 5.28. The zero-order chi connectivity index (χ0) is 14.8. The van der Waals surface area contributed by atoms with Crippen molar-refractivity contribution in [2.45, 2.75) is 67.2 Å². The summed E-state index contributed by atoms with van der Waals surface area (Å²) in [5.41, 5.74) is 7.90. The highest BCUT2D eigenvalue weighted by molar-refractivity contribution is 5.54. The first-order chi connectivity index (χ1) is 9.12. The fraction of sp³-hybridized carbons (Fsp3) is 0.789. The summed E-state index contributed by atoms with van der Waals surface area (Å²) in [6, 6.07) is 0. The van der Waals surface area contributed by atoms with E-state index in [9.17, 15) is 0 Å². The molecular formula is C19H30O. The van der Waals surface area contributed by atoms with Crippen LogP contribution >= 0.6 is 0 Å². The fourth-order valence-electron chi connectivity index (χ4n) is 4.36. The summed E-state index contributed by atoms with van der Waals surface area (Å²) in [7, 11) is 0. The molecule has 1 nitrogen and oxygen atoms in total. The molecule has 1 spiro atoms. The van der Waals surface area contributed by atoms with Crippen molar-refractivity contribution < 1.29 is 4.74 Å². The van der Waals surface area contributed by atoms with Gasteiger partial charge in [0.25, 0.3) is 0 Å². The normalized spacial score (nSPS) is 26.1. The van der Waals surface area contributed by atoms with Gasteiger partial charge in [-0.05, 0) is 47.7 Å². The molecule has 3 rings (SSSR count). The lowest BCUT2D eigenvalue weighted by Crippen LogP contribution is -2.19. The van der Waals surface area contributed by atoms with Gasteiger partial charge in [0.05, 0.1) is 6.61 Å². The van der Waals surface area contributed by atoms with Crippen LogP contribution in [0.4, 0.5) is 0 Å². The van der Waals surface area contributed by atoms with Crippen LogP contribution in [-0.4, -0.2) is 13.2 Å². The highest BCUT2D eigenvalue weighted by Crippen LogP contribution is 2.59.